The first-order chi connectivity index (χ1) is 7.06. The van der Waals surface area contributed by atoms with E-state index in [0.29, 0.717) is 12.5 Å². The Labute approximate surface area is 90.8 Å². The van der Waals surface area contributed by atoms with E-state index in [1.807, 2.05) is 0 Å². The van der Waals surface area contributed by atoms with Crippen LogP contribution in [0.3, 0.4) is 0 Å². The first-order valence-electron chi connectivity index (χ1n) is 5.62. The minimum Gasteiger partial charge on any atom is -0.368 e. The molecule has 0 aromatic rings. The van der Waals surface area contributed by atoms with Crippen LogP contribution in [0.5, 0.6) is 0 Å². The molecule has 0 aliphatic carbocycles. The van der Waals surface area contributed by atoms with E-state index in [1.165, 1.54) is 6.92 Å². The molecule has 4 nitrogen and oxygen atoms in total. The molecule has 1 aliphatic heterocycles. The lowest BCUT2D eigenvalue weighted by Gasteiger charge is -2.37. The zero-order valence-electron chi connectivity index (χ0n) is 9.53. The van der Waals surface area contributed by atoms with Crippen molar-refractivity contribution in [2.75, 3.05) is 6.54 Å². The van der Waals surface area contributed by atoms with Crippen LogP contribution in [0.1, 0.15) is 39.5 Å². The molecule has 0 spiro atoms. The number of amides is 2. The predicted molar refractivity (Wildman–Crippen MR) is 58.0 cm³/mol. The third-order valence-electron chi connectivity index (χ3n) is 3.11. The zero-order valence-corrected chi connectivity index (χ0v) is 9.53. The summed E-state index contributed by atoms with van der Waals surface area (Å²) in [5, 5.41) is 0. The lowest BCUT2D eigenvalue weighted by molar-refractivity contribution is -0.140. The van der Waals surface area contributed by atoms with Crippen LogP contribution in [0.2, 0.25) is 0 Å². The molecule has 1 rings (SSSR count). The summed E-state index contributed by atoms with van der Waals surface area (Å²) in [7, 11) is 0. The Balaban J connectivity index is 2.65. The highest BCUT2D eigenvalue weighted by Gasteiger charge is 2.32. The molecule has 2 unspecified atom stereocenters. The molecule has 1 saturated heterocycles. The van der Waals surface area contributed by atoms with E-state index >= 15 is 0 Å². The molecular weight excluding hydrogens is 192 g/mol. The van der Waals surface area contributed by atoms with Crippen LogP contribution in [0.25, 0.3) is 0 Å². The molecule has 2 amide bonds. The van der Waals surface area contributed by atoms with Gasteiger partial charge < -0.3 is 10.6 Å². The Hall–Kier alpha value is -1.06. The van der Waals surface area contributed by atoms with Gasteiger partial charge in [0, 0.05) is 13.5 Å². The van der Waals surface area contributed by atoms with E-state index in [9.17, 15) is 9.59 Å². The number of nitrogens with zero attached hydrogens (tertiary/aromatic N) is 1. The highest BCUT2D eigenvalue weighted by molar-refractivity contribution is 5.85. The van der Waals surface area contributed by atoms with Gasteiger partial charge in [-0.1, -0.05) is 13.3 Å². The fourth-order valence-corrected chi connectivity index (χ4v) is 2.33. The van der Waals surface area contributed by atoms with Crippen LogP contribution in [0.4, 0.5) is 0 Å². The van der Waals surface area contributed by atoms with Crippen molar-refractivity contribution in [3.63, 3.8) is 0 Å². The average Bonchev–Trinajstić information content (AvgIpc) is 2.17. The molecule has 86 valence electrons. The van der Waals surface area contributed by atoms with Crippen molar-refractivity contribution in [3.8, 4) is 0 Å². The Morgan fingerprint density at radius 1 is 1.40 bits per heavy atom. The number of hydrogen-bond acceptors (Lipinski definition) is 2. The Bertz CT molecular complexity index is 253. The van der Waals surface area contributed by atoms with Gasteiger partial charge in [0.2, 0.25) is 11.8 Å². The molecule has 0 aromatic heterocycles. The molecule has 0 radical (unpaired) electrons. The molecule has 2 N–H and O–H groups in total. The van der Waals surface area contributed by atoms with Gasteiger partial charge in [0.15, 0.2) is 0 Å². The van der Waals surface area contributed by atoms with Crippen molar-refractivity contribution < 1.29 is 9.59 Å². The first-order valence-corrected chi connectivity index (χ1v) is 5.62. The third-order valence-corrected chi connectivity index (χ3v) is 3.11. The maximum Gasteiger partial charge on any atom is 0.240 e. The standard InChI is InChI=1S/C11H20N2O2/c1-3-4-9-5-6-10(11(12)15)13(7-9)8(2)14/h9-10H,3-7H2,1-2H3,(H2,12,15). The number of piperidine rings is 1. The van der Waals surface area contributed by atoms with Crippen LogP contribution in [0, 0.1) is 5.92 Å². The lowest BCUT2D eigenvalue weighted by Crippen LogP contribution is -2.52. The van der Waals surface area contributed by atoms with Crippen molar-refractivity contribution in [1.29, 1.82) is 0 Å². The van der Waals surface area contributed by atoms with E-state index in [0.717, 1.165) is 25.7 Å². The topological polar surface area (TPSA) is 63.4 Å². The van der Waals surface area contributed by atoms with Gasteiger partial charge >= 0.3 is 0 Å². The fraction of sp³-hybridized carbons (Fsp3) is 0.818. The van der Waals surface area contributed by atoms with Crippen LogP contribution in [0.15, 0.2) is 0 Å². The molecule has 0 saturated carbocycles. The minimum atomic E-state index is -0.379. The van der Waals surface area contributed by atoms with Crippen molar-refractivity contribution in [1.82, 2.24) is 4.90 Å². The number of hydrogen-bond donors (Lipinski definition) is 1. The molecule has 4 heteroatoms. The first kappa shape index (κ1) is 12.0. The summed E-state index contributed by atoms with van der Waals surface area (Å²) in [5.41, 5.74) is 5.28. The molecule has 2 atom stereocenters. The van der Waals surface area contributed by atoms with Crippen LogP contribution in [-0.2, 0) is 9.59 Å². The summed E-state index contributed by atoms with van der Waals surface area (Å²) in [4.78, 5) is 24.2. The van der Waals surface area contributed by atoms with Gasteiger partial charge in [-0.05, 0) is 25.2 Å². The van der Waals surface area contributed by atoms with Gasteiger partial charge in [-0.3, -0.25) is 9.59 Å². The number of carbonyl (C=O) groups excluding carboxylic acids is 2. The van der Waals surface area contributed by atoms with Gasteiger partial charge in [-0.15, -0.1) is 0 Å². The highest BCUT2D eigenvalue weighted by atomic mass is 16.2. The Morgan fingerprint density at radius 2 is 2.07 bits per heavy atom. The summed E-state index contributed by atoms with van der Waals surface area (Å²) in [5.74, 6) is 0.120. The number of primary amides is 1. The van der Waals surface area contributed by atoms with Crippen molar-refractivity contribution in [3.05, 3.63) is 0 Å². The predicted octanol–water partition coefficient (Wildman–Crippen LogP) is 0.899. The summed E-state index contributed by atoms with van der Waals surface area (Å²) in [6.45, 7) is 4.33. The normalized spacial score (nSPS) is 26.4. The van der Waals surface area contributed by atoms with E-state index in [2.05, 4.69) is 6.92 Å². The second kappa shape index (κ2) is 5.14. The van der Waals surface area contributed by atoms with Gasteiger partial charge in [0.1, 0.15) is 6.04 Å². The molecule has 0 aromatic carbocycles. The second-order valence-corrected chi connectivity index (χ2v) is 4.32. The Morgan fingerprint density at radius 3 is 2.53 bits per heavy atom. The zero-order chi connectivity index (χ0) is 11.4. The molecule has 1 fully saturated rings. The van der Waals surface area contributed by atoms with Crippen molar-refractivity contribution in [2.45, 2.75) is 45.6 Å². The van der Waals surface area contributed by atoms with Gasteiger partial charge in [0.25, 0.3) is 0 Å². The quantitative estimate of drug-likeness (QED) is 0.755. The van der Waals surface area contributed by atoms with Crippen molar-refractivity contribution >= 4 is 11.8 Å². The molecule has 15 heavy (non-hydrogen) atoms. The maximum atomic E-state index is 11.4. The number of rotatable bonds is 3. The maximum absolute atomic E-state index is 11.4. The fourth-order valence-electron chi connectivity index (χ4n) is 2.33. The SMILES string of the molecule is CCCC1CCC(C(N)=O)N(C(C)=O)C1. The van der Waals surface area contributed by atoms with Crippen LogP contribution < -0.4 is 5.73 Å². The number of likely N-dealkylation sites (tertiary alicyclic amines) is 1. The molecule has 1 aliphatic rings. The average molecular weight is 212 g/mol. The van der Waals surface area contributed by atoms with Crippen LogP contribution >= 0.6 is 0 Å². The monoisotopic (exact) mass is 212 g/mol. The third kappa shape index (κ3) is 2.94. The molecule has 1 heterocycles. The smallest absolute Gasteiger partial charge is 0.240 e. The molecular formula is C11H20N2O2. The number of nitrogens with two attached hydrogens (primary N) is 1. The van der Waals surface area contributed by atoms with E-state index in [-0.39, 0.29) is 17.9 Å². The van der Waals surface area contributed by atoms with Crippen LogP contribution in [-0.4, -0.2) is 29.3 Å². The summed E-state index contributed by atoms with van der Waals surface area (Å²) >= 11 is 0. The van der Waals surface area contributed by atoms with Crippen molar-refractivity contribution in [2.24, 2.45) is 11.7 Å². The number of carbonyl (C=O) groups is 2. The Kier molecular flexibility index (Phi) is 4.12. The summed E-state index contributed by atoms with van der Waals surface area (Å²) < 4.78 is 0. The summed E-state index contributed by atoms with van der Waals surface area (Å²) in [6.07, 6.45) is 3.97. The molecule has 0 bridgehead atoms. The van der Waals surface area contributed by atoms with Gasteiger partial charge in [-0.25, -0.2) is 0 Å². The second-order valence-electron chi connectivity index (χ2n) is 4.32. The van der Waals surface area contributed by atoms with E-state index in [1.54, 1.807) is 4.90 Å². The van der Waals surface area contributed by atoms with Gasteiger partial charge in [-0.2, -0.15) is 0 Å². The van der Waals surface area contributed by atoms with E-state index < -0.39 is 0 Å². The highest BCUT2D eigenvalue weighted by Crippen LogP contribution is 2.25. The van der Waals surface area contributed by atoms with Gasteiger partial charge in [0.05, 0.1) is 0 Å². The minimum absolute atomic E-state index is 0.0420. The largest absolute Gasteiger partial charge is 0.368 e. The summed E-state index contributed by atoms with van der Waals surface area (Å²) in [6, 6.07) is -0.379. The lowest BCUT2D eigenvalue weighted by atomic mass is 9.89. The van der Waals surface area contributed by atoms with E-state index in [4.69, 9.17) is 5.73 Å².